The first-order chi connectivity index (χ1) is 13.4. The van der Waals surface area contributed by atoms with Gasteiger partial charge in [0.2, 0.25) is 0 Å². The monoisotopic (exact) mass is 396 g/mol. The van der Waals surface area contributed by atoms with Crippen LogP contribution in [0.15, 0.2) is 54.6 Å². The van der Waals surface area contributed by atoms with Crippen molar-refractivity contribution in [3.63, 3.8) is 0 Å². The molecule has 0 bridgehead atoms. The van der Waals surface area contributed by atoms with Gasteiger partial charge in [-0.1, -0.05) is 17.7 Å². The van der Waals surface area contributed by atoms with Gasteiger partial charge in [-0.3, -0.25) is 4.79 Å². The Morgan fingerprint density at radius 1 is 1.00 bits per heavy atom. The molecule has 0 saturated heterocycles. The number of rotatable bonds is 5. The Balaban J connectivity index is 1.77. The lowest BCUT2D eigenvalue weighted by Gasteiger charge is -2.10. The quantitative estimate of drug-likeness (QED) is 0.627. The molecular formula is C20H17ClN4O3. The molecule has 7 nitrogen and oxygen atoms in total. The fourth-order valence-corrected chi connectivity index (χ4v) is 2.66. The number of aryl methyl sites for hydroxylation is 1. The van der Waals surface area contributed by atoms with Crippen LogP contribution >= 0.6 is 11.6 Å². The van der Waals surface area contributed by atoms with Crippen molar-refractivity contribution in [2.45, 2.75) is 6.92 Å². The molecule has 0 radical (unpaired) electrons. The molecule has 1 aromatic heterocycles. The van der Waals surface area contributed by atoms with Crippen molar-refractivity contribution in [1.82, 2.24) is 9.97 Å². The van der Waals surface area contributed by atoms with Crippen molar-refractivity contribution >= 4 is 40.7 Å². The van der Waals surface area contributed by atoms with Crippen molar-refractivity contribution in [2.24, 2.45) is 0 Å². The van der Waals surface area contributed by atoms with Gasteiger partial charge in [-0.15, -0.1) is 0 Å². The first-order valence-electron chi connectivity index (χ1n) is 8.32. The average Bonchev–Trinajstić information content (AvgIpc) is 2.67. The summed E-state index contributed by atoms with van der Waals surface area (Å²) in [7, 11) is 1.33. The van der Waals surface area contributed by atoms with Gasteiger partial charge in [-0.2, -0.15) is 0 Å². The van der Waals surface area contributed by atoms with E-state index in [2.05, 4.69) is 25.3 Å². The zero-order valence-electron chi connectivity index (χ0n) is 15.2. The molecule has 0 saturated carbocycles. The van der Waals surface area contributed by atoms with Crippen LogP contribution in [0.3, 0.4) is 0 Å². The summed E-state index contributed by atoms with van der Waals surface area (Å²) in [5.74, 6) is 0.100. The number of hydrogen-bond donors (Lipinski definition) is 2. The molecule has 28 heavy (non-hydrogen) atoms. The second kappa shape index (κ2) is 8.49. The zero-order chi connectivity index (χ0) is 20.1. The van der Waals surface area contributed by atoms with Crippen LogP contribution in [-0.4, -0.2) is 29.0 Å². The maximum atomic E-state index is 12.5. The van der Waals surface area contributed by atoms with Crippen molar-refractivity contribution in [3.05, 3.63) is 76.7 Å². The molecule has 0 aliphatic carbocycles. The Kier molecular flexibility index (Phi) is 5.86. The summed E-state index contributed by atoms with van der Waals surface area (Å²) in [6, 6.07) is 15.1. The highest BCUT2D eigenvalue weighted by molar-refractivity contribution is 6.30. The molecule has 0 atom stereocenters. The van der Waals surface area contributed by atoms with Gasteiger partial charge in [0.15, 0.2) is 0 Å². The first kappa shape index (κ1) is 19.3. The van der Waals surface area contributed by atoms with E-state index >= 15 is 0 Å². The van der Waals surface area contributed by atoms with Gasteiger partial charge in [0.25, 0.3) is 5.91 Å². The minimum absolute atomic E-state index is 0.209. The number of halogens is 1. The third-order valence-electron chi connectivity index (χ3n) is 3.73. The Hall–Kier alpha value is -3.45. The van der Waals surface area contributed by atoms with Gasteiger partial charge < -0.3 is 15.4 Å². The lowest BCUT2D eigenvalue weighted by atomic mass is 10.2. The van der Waals surface area contributed by atoms with E-state index < -0.39 is 5.97 Å². The summed E-state index contributed by atoms with van der Waals surface area (Å²) in [5, 5.41) is 6.37. The highest BCUT2D eigenvalue weighted by Crippen LogP contribution is 2.19. The number of benzene rings is 2. The second-order valence-corrected chi connectivity index (χ2v) is 6.28. The van der Waals surface area contributed by atoms with Crippen molar-refractivity contribution in [3.8, 4) is 0 Å². The molecule has 2 aromatic carbocycles. The predicted molar refractivity (Wildman–Crippen MR) is 107 cm³/mol. The van der Waals surface area contributed by atoms with Gasteiger partial charge in [-0.25, -0.2) is 14.8 Å². The Bertz CT molecular complexity index is 1020. The molecule has 0 unspecified atom stereocenters. The van der Waals surface area contributed by atoms with Gasteiger partial charge in [0, 0.05) is 22.5 Å². The molecule has 0 spiro atoms. The number of anilines is 3. The van der Waals surface area contributed by atoms with Crippen LogP contribution in [0.25, 0.3) is 0 Å². The number of hydrogen-bond acceptors (Lipinski definition) is 6. The molecule has 0 aliphatic heterocycles. The van der Waals surface area contributed by atoms with E-state index in [1.807, 2.05) is 0 Å². The van der Waals surface area contributed by atoms with Crippen LogP contribution in [0.4, 0.5) is 17.2 Å². The number of methoxy groups -OCH3 is 1. The molecule has 1 amide bonds. The summed E-state index contributed by atoms with van der Waals surface area (Å²) in [6.07, 6.45) is 0. The van der Waals surface area contributed by atoms with E-state index in [-0.39, 0.29) is 11.6 Å². The molecule has 0 aliphatic rings. The topological polar surface area (TPSA) is 93.2 Å². The number of carbonyl (C=O) groups excluding carboxylic acids is 2. The van der Waals surface area contributed by atoms with E-state index in [0.29, 0.717) is 33.6 Å². The number of esters is 1. The molecule has 1 heterocycles. The van der Waals surface area contributed by atoms with Crippen molar-refractivity contribution in [1.29, 1.82) is 0 Å². The lowest BCUT2D eigenvalue weighted by Crippen LogP contribution is -2.15. The minimum Gasteiger partial charge on any atom is -0.465 e. The predicted octanol–water partition coefficient (Wildman–Crippen LogP) is 4.22. The van der Waals surface area contributed by atoms with Crippen LogP contribution in [0.5, 0.6) is 0 Å². The summed E-state index contributed by atoms with van der Waals surface area (Å²) < 4.78 is 4.68. The molecule has 2 N–H and O–H groups in total. The van der Waals surface area contributed by atoms with E-state index in [0.717, 1.165) is 0 Å². The van der Waals surface area contributed by atoms with E-state index in [9.17, 15) is 9.59 Å². The fourth-order valence-electron chi connectivity index (χ4n) is 2.46. The third kappa shape index (κ3) is 4.83. The molecule has 3 rings (SSSR count). The van der Waals surface area contributed by atoms with Gasteiger partial charge >= 0.3 is 5.97 Å². The number of nitrogens with one attached hydrogen (secondary N) is 2. The van der Waals surface area contributed by atoms with Crippen molar-refractivity contribution < 1.29 is 14.3 Å². The highest BCUT2D eigenvalue weighted by Gasteiger charge is 2.12. The fraction of sp³-hybridized carbons (Fsp3) is 0.100. The third-order valence-corrected chi connectivity index (χ3v) is 3.97. The maximum Gasteiger partial charge on any atom is 0.337 e. The molecular weight excluding hydrogens is 380 g/mol. The van der Waals surface area contributed by atoms with Crippen molar-refractivity contribution in [2.75, 3.05) is 17.7 Å². The Morgan fingerprint density at radius 3 is 2.43 bits per heavy atom. The van der Waals surface area contributed by atoms with E-state index in [1.165, 1.54) is 7.11 Å². The number of amides is 1. The van der Waals surface area contributed by atoms with Crippen LogP contribution in [0, 0.1) is 6.92 Å². The minimum atomic E-state index is -0.413. The van der Waals surface area contributed by atoms with Gasteiger partial charge in [0.1, 0.15) is 17.3 Å². The lowest BCUT2D eigenvalue weighted by molar-refractivity contribution is 0.0600. The maximum absolute atomic E-state index is 12.5. The molecule has 8 heteroatoms. The Morgan fingerprint density at radius 2 is 1.75 bits per heavy atom. The van der Waals surface area contributed by atoms with Gasteiger partial charge in [-0.05, 0) is 49.4 Å². The van der Waals surface area contributed by atoms with E-state index in [1.54, 1.807) is 61.5 Å². The van der Waals surface area contributed by atoms with Crippen LogP contribution in [-0.2, 0) is 4.74 Å². The Labute approximate surface area is 166 Å². The van der Waals surface area contributed by atoms with E-state index in [4.69, 9.17) is 11.6 Å². The molecule has 3 aromatic rings. The largest absolute Gasteiger partial charge is 0.465 e. The number of nitrogens with zero attached hydrogens (tertiary/aromatic N) is 2. The second-order valence-electron chi connectivity index (χ2n) is 5.84. The number of carbonyl (C=O) groups is 2. The van der Waals surface area contributed by atoms with Gasteiger partial charge in [0.05, 0.1) is 12.7 Å². The number of ether oxygens (including phenoxy) is 1. The first-order valence-corrected chi connectivity index (χ1v) is 8.70. The zero-order valence-corrected chi connectivity index (χ0v) is 15.9. The highest BCUT2D eigenvalue weighted by atomic mass is 35.5. The summed E-state index contributed by atoms with van der Waals surface area (Å²) in [6.45, 7) is 1.70. The number of aromatic nitrogens is 2. The normalized spacial score (nSPS) is 10.2. The summed E-state index contributed by atoms with van der Waals surface area (Å²) in [5.41, 5.74) is 1.92. The molecule has 0 fully saturated rings. The van der Waals surface area contributed by atoms with Crippen LogP contribution in [0.1, 0.15) is 26.7 Å². The SMILES string of the molecule is COC(=O)c1ccc(Nc2cc(C(=O)Nc3cccc(Cl)c3)nc(C)n2)cc1. The summed E-state index contributed by atoms with van der Waals surface area (Å²) >= 11 is 5.94. The smallest absolute Gasteiger partial charge is 0.337 e. The average molecular weight is 397 g/mol. The standard InChI is InChI=1S/C20H17ClN4O3/c1-12-22-17(19(26)25-16-5-3-4-14(21)10-16)11-18(23-12)24-15-8-6-13(7-9-15)20(27)28-2/h3-11H,1-2H3,(H,25,26)(H,22,23,24). The molecule has 142 valence electrons. The van der Waals surface area contributed by atoms with Crippen LogP contribution < -0.4 is 10.6 Å². The summed E-state index contributed by atoms with van der Waals surface area (Å²) in [4.78, 5) is 32.5. The van der Waals surface area contributed by atoms with Crippen LogP contribution in [0.2, 0.25) is 5.02 Å².